The second-order valence-corrected chi connectivity index (χ2v) is 5.50. The summed E-state index contributed by atoms with van der Waals surface area (Å²) in [7, 11) is 1.56. The van der Waals surface area contributed by atoms with E-state index in [0.29, 0.717) is 29.5 Å². The highest BCUT2D eigenvalue weighted by molar-refractivity contribution is 5.90. The number of rotatable bonds is 2. The number of benzene rings is 1. The highest BCUT2D eigenvalue weighted by Crippen LogP contribution is 2.39. The quantitative estimate of drug-likeness (QED) is 0.796. The summed E-state index contributed by atoms with van der Waals surface area (Å²) >= 11 is 0. The molecule has 0 unspecified atom stereocenters. The zero-order valence-electron chi connectivity index (χ0n) is 12.7. The predicted octanol–water partition coefficient (Wildman–Crippen LogP) is 2.72. The zero-order chi connectivity index (χ0) is 15.1. The van der Waals surface area contributed by atoms with Gasteiger partial charge in [0, 0.05) is 12.1 Å². The third-order valence-electron chi connectivity index (χ3n) is 3.88. The first kappa shape index (κ1) is 13.8. The second-order valence-electron chi connectivity index (χ2n) is 5.50. The maximum absolute atomic E-state index is 11.9. The van der Waals surface area contributed by atoms with Gasteiger partial charge >= 0.3 is 5.63 Å². The lowest BCUT2D eigenvalue weighted by atomic mass is 10.1. The number of hydrogen-bond donors (Lipinski definition) is 0. The van der Waals surface area contributed by atoms with Crippen LogP contribution in [0.1, 0.15) is 19.4 Å². The number of ether oxygens (including phenoxy) is 2. The molecule has 0 spiro atoms. The second kappa shape index (κ2) is 4.98. The first-order valence-corrected chi connectivity index (χ1v) is 7.07. The van der Waals surface area contributed by atoms with Crippen molar-refractivity contribution in [1.82, 2.24) is 0 Å². The minimum atomic E-state index is -0.368. The van der Waals surface area contributed by atoms with Crippen LogP contribution >= 0.6 is 0 Å². The number of nitrogens with zero attached hydrogens (tertiary/aromatic N) is 1. The molecule has 0 aliphatic carbocycles. The Hall–Kier alpha value is -2.17. The lowest BCUT2D eigenvalue weighted by Gasteiger charge is -2.34. The Balaban J connectivity index is 2.30. The summed E-state index contributed by atoms with van der Waals surface area (Å²) in [5, 5.41) is 0.763. The summed E-state index contributed by atoms with van der Waals surface area (Å²) in [5.41, 5.74) is 1.59. The number of hydrogen-bond acceptors (Lipinski definition) is 5. The van der Waals surface area contributed by atoms with Crippen LogP contribution in [0, 0.1) is 6.92 Å². The van der Waals surface area contributed by atoms with Gasteiger partial charge in [-0.25, -0.2) is 4.79 Å². The molecule has 21 heavy (non-hydrogen) atoms. The largest absolute Gasteiger partial charge is 0.495 e. The predicted molar refractivity (Wildman–Crippen MR) is 81.8 cm³/mol. The van der Waals surface area contributed by atoms with Gasteiger partial charge in [0.1, 0.15) is 23.7 Å². The maximum Gasteiger partial charge on any atom is 0.342 e. The average molecular weight is 289 g/mol. The topological polar surface area (TPSA) is 51.9 Å². The lowest BCUT2D eigenvalue weighted by molar-refractivity contribution is 0.303. The van der Waals surface area contributed by atoms with Gasteiger partial charge in [-0.1, -0.05) is 0 Å². The maximum atomic E-state index is 11.9. The van der Waals surface area contributed by atoms with Crippen LogP contribution in [0.4, 0.5) is 5.69 Å². The average Bonchev–Trinajstić information content (AvgIpc) is 2.46. The Morgan fingerprint density at radius 1 is 1.33 bits per heavy atom. The van der Waals surface area contributed by atoms with Crippen LogP contribution in [0.15, 0.2) is 21.3 Å². The van der Waals surface area contributed by atoms with E-state index < -0.39 is 0 Å². The molecule has 1 aromatic heterocycles. The summed E-state index contributed by atoms with van der Waals surface area (Å²) in [6.07, 6.45) is 0. The molecular formula is C16H19NO4. The Morgan fingerprint density at radius 3 is 2.76 bits per heavy atom. The molecule has 0 N–H and O–H groups in total. The van der Waals surface area contributed by atoms with Gasteiger partial charge < -0.3 is 18.8 Å². The Labute approximate surface area is 123 Å². The Kier molecular flexibility index (Phi) is 3.27. The van der Waals surface area contributed by atoms with Crippen molar-refractivity contribution in [3.05, 3.63) is 28.1 Å². The zero-order valence-corrected chi connectivity index (χ0v) is 12.7. The number of fused-ring (bicyclic) bond motifs is 2. The molecule has 5 heteroatoms. The summed E-state index contributed by atoms with van der Waals surface area (Å²) in [6, 6.07) is 4.12. The van der Waals surface area contributed by atoms with E-state index in [-0.39, 0.29) is 5.63 Å². The van der Waals surface area contributed by atoms with Crippen LogP contribution in [0.3, 0.4) is 0 Å². The molecule has 0 atom stereocenters. The van der Waals surface area contributed by atoms with Gasteiger partial charge in [-0.3, -0.25) is 0 Å². The smallest absolute Gasteiger partial charge is 0.342 e. The first-order chi connectivity index (χ1) is 10.0. The molecule has 0 radical (unpaired) electrons. The fraction of sp³-hybridized carbons (Fsp3) is 0.438. The van der Waals surface area contributed by atoms with Gasteiger partial charge in [0.05, 0.1) is 30.3 Å². The van der Waals surface area contributed by atoms with Crippen LogP contribution in [0.2, 0.25) is 0 Å². The molecule has 0 fully saturated rings. The van der Waals surface area contributed by atoms with Gasteiger partial charge in [0.25, 0.3) is 0 Å². The van der Waals surface area contributed by atoms with Crippen LogP contribution in [-0.2, 0) is 0 Å². The van der Waals surface area contributed by atoms with Crippen molar-refractivity contribution in [1.29, 1.82) is 0 Å². The SMILES string of the molecule is COc1c(C)c(=O)oc2cc3c(cc12)OCCN3C(C)C. The number of methoxy groups -OCH3 is 1. The fourth-order valence-electron chi connectivity index (χ4n) is 2.80. The van der Waals surface area contributed by atoms with Crippen LogP contribution in [-0.4, -0.2) is 26.3 Å². The lowest BCUT2D eigenvalue weighted by Crippen LogP contribution is -2.37. The standard InChI is InChI=1S/C16H19NO4/c1-9(2)17-5-6-20-14-7-11-13(8-12(14)17)21-16(18)10(3)15(11)19-4/h7-9H,5-6H2,1-4H3. The molecular weight excluding hydrogens is 270 g/mol. The molecule has 112 valence electrons. The first-order valence-electron chi connectivity index (χ1n) is 7.07. The van der Waals surface area contributed by atoms with E-state index >= 15 is 0 Å². The van der Waals surface area contributed by atoms with Gasteiger partial charge in [-0.15, -0.1) is 0 Å². The molecule has 0 saturated carbocycles. The minimum absolute atomic E-state index is 0.351. The van der Waals surface area contributed by atoms with Crippen LogP contribution in [0.5, 0.6) is 11.5 Å². The minimum Gasteiger partial charge on any atom is -0.495 e. The fourth-order valence-corrected chi connectivity index (χ4v) is 2.80. The van der Waals surface area contributed by atoms with E-state index in [2.05, 4.69) is 18.7 Å². The summed E-state index contributed by atoms with van der Waals surface area (Å²) < 4.78 is 16.6. The molecule has 3 rings (SSSR count). The highest BCUT2D eigenvalue weighted by Gasteiger charge is 2.23. The van der Waals surface area contributed by atoms with Crippen molar-refractivity contribution in [3.8, 4) is 11.5 Å². The van der Waals surface area contributed by atoms with Crippen molar-refractivity contribution in [2.75, 3.05) is 25.2 Å². The molecule has 1 aliphatic rings. The molecule has 2 heterocycles. The van der Waals surface area contributed by atoms with Gasteiger partial charge in [-0.2, -0.15) is 0 Å². The molecule has 0 bridgehead atoms. The van der Waals surface area contributed by atoms with E-state index in [4.69, 9.17) is 13.9 Å². The number of anilines is 1. The van der Waals surface area contributed by atoms with E-state index in [1.165, 1.54) is 0 Å². The summed E-state index contributed by atoms with van der Waals surface area (Å²) in [5.74, 6) is 1.35. The third-order valence-corrected chi connectivity index (χ3v) is 3.88. The van der Waals surface area contributed by atoms with Crippen molar-refractivity contribution in [2.24, 2.45) is 0 Å². The summed E-state index contributed by atoms with van der Waals surface area (Å²) in [6.45, 7) is 7.43. The van der Waals surface area contributed by atoms with Crippen molar-refractivity contribution in [2.45, 2.75) is 26.8 Å². The molecule has 1 aliphatic heterocycles. The van der Waals surface area contributed by atoms with Crippen molar-refractivity contribution in [3.63, 3.8) is 0 Å². The summed E-state index contributed by atoms with van der Waals surface area (Å²) in [4.78, 5) is 14.1. The molecule has 0 saturated heterocycles. The third kappa shape index (κ3) is 2.13. The normalized spacial score (nSPS) is 14.2. The van der Waals surface area contributed by atoms with E-state index in [9.17, 15) is 4.79 Å². The van der Waals surface area contributed by atoms with E-state index in [1.807, 2.05) is 12.1 Å². The van der Waals surface area contributed by atoms with Gasteiger partial charge in [0.2, 0.25) is 0 Å². The van der Waals surface area contributed by atoms with Crippen molar-refractivity contribution >= 4 is 16.7 Å². The highest BCUT2D eigenvalue weighted by atomic mass is 16.5. The van der Waals surface area contributed by atoms with Crippen LogP contribution < -0.4 is 20.0 Å². The molecule has 2 aromatic rings. The van der Waals surface area contributed by atoms with Crippen LogP contribution in [0.25, 0.3) is 11.0 Å². The Bertz CT molecular complexity index is 748. The van der Waals surface area contributed by atoms with E-state index in [1.54, 1.807) is 14.0 Å². The monoisotopic (exact) mass is 289 g/mol. The molecule has 0 amide bonds. The molecule has 5 nitrogen and oxygen atoms in total. The van der Waals surface area contributed by atoms with Gasteiger partial charge in [0.15, 0.2) is 0 Å². The van der Waals surface area contributed by atoms with E-state index in [0.717, 1.165) is 23.4 Å². The molecule has 1 aromatic carbocycles. The van der Waals surface area contributed by atoms with Gasteiger partial charge in [-0.05, 0) is 26.8 Å². The Morgan fingerprint density at radius 2 is 2.10 bits per heavy atom. The van der Waals surface area contributed by atoms with Crippen molar-refractivity contribution < 1.29 is 13.9 Å².